The van der Waals surface area contributed by atoms with Crippen molar-refractivity contribution in [2.45, 2.75) is 94.4 Å². The van der Waals surface area contributed by atoms with Crippen LogP contribution in [-0.2, 0) is 6.42 Å². The van der Waals surface area contributed by atoms with Gasteiger partial charge >= 0.3 is 6.01 Å². The number of phenols is 1. The molecule has 2 N–H and O–H groups in total. The van der Waals surface area contributed by atoms with E-state index in [9.17, 15) is 9.50 Å². The summed E-state index contributed by atoms with van der Waals surface area (Å²) in [6, 6.07) is 9.28. The molecule has 45 heavy (non-hydrogen) atoms. The normalized spacial score (nSPS) is 29.5. The number of nitrogens with zero attached hydrogens (tertiary/aromatic N) is 4. The number of piperazine rings is 1. The maximum Gasteiger partial charge on any atom is 0.319 e. The van der Waals surface area contributed by atoms with Crippen molar-refractivity contribution in [1.82, 2.24) is 20.2 Å². The first-order chi connectivity index (χ1) is 22.0. The second-order valence-electron chi connectivity index (χ2n) is 14.3. The number of alkyl halides is 1. The molecule has 4 fully saturated rings. The highest BCUT2D eigenvalue weighted by molar-refractivity contribution is 6.14. The molecule has 8 nitrogen and oxygen atoms in total. The van der Waals surface area contributed by atoms with Gasteiger partial charge in [-0.25, -0.2) is 4.39 Å². The molecule has 0 saturated carbocycles. The standard InChI is InChI=1S/C36H42FN5O3/c1-2-21-5-3-6-22-13-26(43)14-29(31(21)22)28-15-30-32(33-27(28)9-12-44-33)34(41-18-24-7-8-25(19-41)38-24)40-35(39-30)45-20-36-10-4-11-42(36)17-23(37)16-36/h9,12-15,21,23-25,38,43H,2-8,10-11,16-20H2,1H3/t21?,23-,24-,25+,36+/m1/s1. The lowest BCUT2D eigenvalue weighted by Gasteiger charge is -2.34. The van der Waals surface area contributed by atoms with E-state index in [-0.39, 0.29) is 5.54 Å². The molecule has 1 unspecified atom stereocenters. The molecule has 1 aliphatic carbocycles. The molecule has 236 valence electrons. The number of fused-ring (bicyclic) bond motifs is 7. The van der Waals surface area contributed by atoms with Gasteiger partial charge in [0, 0.05) is 43.5 Å². The molecule has 4 saturated heterocycles. The van der Waals surface area contributed by atoms with Gasteiger partial charge in [-0.2, -0.15) is 9.97 Å². The summed E-state index contributed by atoms with van der Waals surface area (Å²) < 4.78 is 27.4. The van der Waals surface area contributed by atoms with E-state index < -0.39 is 6.17 Å². The molecule has 5 atom stereocenters. The fourth-order valence-electron chi connectivity index (χ4n) is 9.53. The molecule has 0 amide bonds. The Labute approximate surface area is 262 Å². The van der Waals surface area contributed by atoms with E-state index in [2.05, 4.69) is 28.1 Å². The molecule has 6 heterocycles. The number of hydrogen-bond acceptors (Lipinski definition) is 8. The fraction of sp³-hybridized carbons (Fsp3) is 0.556. The van der Waals surface area contributed by atoms with Crippen LogP contribution < -0.4 is 15.0 Å². The maximum absolute atomic E-state index is 14.6. The Balaban J connectivity index is 1.21. The number of furan rings is 1. The number of aromatic nitrogens is 2. The minimum atomic E-state index is -0.812. The van der Waals surface area contributed by atoms with Gasteiger partial charge in [0.25, 0.3) is 0 Å². The summed E-state index contributed by atoms with van der Waals surface area (Å²) in [6.45, 7) is 5.79. The van der Waals surface area contributed by atoms with Crippen molar-refractivity contribution in [1.29, 1.82) is 0 Å². The molecule has 4 aromatic rings. The molecular weight excluding hydrogens is 569 g/mol. The average molecular weight is 612 g/mol. The Morgan fingerprint density at radius 1 is 1.09 bits per heavy atom. The van der Waals surface area contributed by atoms with Crippen LogP contribution in [0.2, 0.25) is 0 Å². The summed E-state index contributed by atoms with van der Waals surface area (Å²) in [7, 11) is 0. The predicted octanol–water partition coefficient (Wildman–Crippen LogP) is 6.47. The molecular formula is C36H42FN5O3. The highest BCUT2D eigenvalue weighted by atomic mass is 19.1. The van der Waals surface area contributed by atoms with Gasteiger partial charge < -0.3 is 24.5 Å². The van der Waals surface area contributed by atoms with Crippen LogP contribution in [0.15, 0.2) is 34.9 Å². The lowest BCUT2D eigenvalue weighted by molar-refractivity contribution is 0.107. The third-order valence-electron chi connectivity index (χ3n) is 11.5. The van der Waals surface area contributed by atoms with Crippen LogP contribution in [0.4, 0.5) is 10.2 Å². The first kappa shape index (κ1) is 27.8. The van der Waals surface area contributed by atoms with Crippen LogP contribution in [0.25, 0.3) is 33.0 Å². The van der Waals surface area contributed by atoms with Crippen LogP contribution in [0.1, 0.15) is 75.3 Å². The van der Waals surface area contributed by atoms with E-state index >= 15 is 0 Å². The number of anilines is 1. The zero-order chi connectivity index (χ0) is 30.3. The average Bonchev–Trinajstić information content (AvgIpc) is 3.81. The Hall–Kier alpha value is -3.43. The highest BCUT2D eigenvalue weighted by Gasteiger charge is 2.49. The van der Waals surface area contributed by atoms with Crippen molar-refractivity contribution in [2.75, 3.05) is 37.7 Å². The van der Waals surface area contributed by atoms with Crippen LogP contribution in [0, 0.1) is 0 Å². The quantitative estimate of drug-likeness (QED) is 0.257. The summed E-state index contributed by atoms with van der Waals surface area (Å²) in [5.41, 5.74) is 5.93. The number of halogens is 1. The number of aryl methyl sites for hydroxylation is 1. The number of rotatable bonds is 6. The van der Waals surface area contributed by atoms with E-state index in [0.717, 1.165) is 110 Å². The zero-order valence-corrected chi connectivity index (χ0v) is 26.0. The van der Waals surface area contributed by atoms with E-state index in [1.807, 2.05) is 18.2 Å². The summed E-state index contributed by atoms with van der Waals surface area (Å²) in [6.07, 6.45) is 10.1. The number of aromatic hydroxyl groups is 1. The first-order valence-electron chi connectivity index (χ1n) is 17.1. The van der Waals surface area contributed by atoms with Gasteiger partial charge in [0.15, 0.2) is 0 Å². The van der Waals surface area contributed by atoms with Crippen molar-refractivity contribution < 1.29 is 18.7 Å². The third-order valence-corrected chi connectivity index (χ3v) is 11.5. The monoisotopic (exact) mass is 611 g/mol. The number of hydrogen-bond donors (Lipinski definition) is 2. The van der Waals surface area contributed by atoms with Crippen LogP contribution in [0.5, 0.6) is 11.8 Å². The van der Waals surface area contributed by atoms with Crippen molar-refractivity contribution in [3.8, 4) is 22.9 Å². The molecule has 4 aliphatic heterocycles. The zero-order valence-electron chi connectivity index (χ0n) is 26.0. The topological polar surface area (TPSA) is 86.9 Å². The molecule has 5 aliphatic rings. The van der Waals surface area contributed by atoms with Gasteiger partial charge in [-0.1, -0.05) is 6.92 Å². The van der Waals surface area contributed by atoms with Crippen molar-refractivity contribution in [3.05, 3.63) is 41.7 Å². The smallest absolute Gasteiger partial charge is 0.319 e. The molecule has 0 spiro atoms. The number of nitrogens with one attached hydrogen (secondary N) is 1. The van der Waals surface area contributed by atoms with Crippen LogP contribution in [-0.4, -0.2) is 76.6 Å². The van der Waals surface area contributed by atoms with E-state index in [0.29, 0.717) is 49.3 Å². The number of phenolic OH excluding ortho intramolecular Hbond substituents is 1. The van der Waals surface area contributed by atoms with Crippen molar-refractivity contribution in [3.63, 3.8) is 0 Å². The summed E-state index contributed by atoms with van der Waals surface area (Å²) in [5.74, 6) is 1.58. The molecule has 2 bridgehead atoms. The van der Waals surface area contributed by atoms with Gasteiger partial charge in [-0.05, 0) is 110 Å². The fourth-order valence-corrected chi connectivity index (χ4v) is 9.53. The van der Waals surface area contributed by atoms with Gasteiger partial charge in [-0.15, -0.1) is 0 Å². The highest BCUT2D eigenvalue weighted by Crippen LogP contribution is 2.47. The Morgan fingerprint density at radius 2 is 1.96 bits per heavy atom. The number of ether oxygens (including phenoxy) is 1. The minimum absolute atomic E-state index is 0.280. The summed E-state index contributed by atoms with van der Waals surface area (Å²) in [5, 5.41) is 16.5. The Kier molecular flexibility index (Phi) is 6.53. The predicted molar refractivity (Wildman–Crippen MR) is 173 cm³/mol. The maximum atomic E-state index is 14.6. The largest absolute Gasteiger partial charge is 0.508 e. The molecule has 9 heteroatoms. The summed E-state index contributed by atoms with van der Waals surface area (Å²) in [4.78, 5) is 14.8. The van der Waals surface area contributed by atoms with Gasteiger partial charge in [0.05, 0.1) is 22.7 Å². The molecule has 0 radical (unpaired) electrons. The Morgan fingerprint density at radius 3 is 2.80 bits per heavy atom. The lowest BCUT2D eigenvalue weighted by atomic mass is 9.77. The molecule has 2 aromatic carbocycles. The Bertz CT molecular complexity index is 1780. The second-order valence-corrected chi connectivity index (χ2v) is 14.3. The summed E-state index contributed by atoms with van der Waals surface area (Å²) >= 11 is 0. The SMILES string of the molecule is CCC1CCCc2cc(O)cc(-c3cc4nc(OC[C@@]56CCCN5C[C@H](F)C6)nc(N5C[C@H]6CC[C@@H](C5)N6)c4c4occc34)c21. The number of benzene rings is 2. The van der Waals surface area contributed by atoms with Crippen LogP contribution in [0.3, 0.4) is 0 Å². The van der Waals surface area contributed by atoms with Gasteiger partial charge in [0.1, 0.15) is 29.9 Å². The van der Waals surface area contributed by atoms with Crippen molar-refractivity contribution >= 4 is 27.7 Å². The third kappa shape index (κ3) is 4.52. The van der Waals surface area contributed by atoms with E-state index in [1.165, 1.54) is 11.1 Å². The minimum Gasteiger partial charge on any atom is -0.508 e. The van der Waals surface area contributed by atoms with Crippen LogP contribution >= 0.6 is 0 Å². The van der Waals surface area contributed by atoms with Crippen molar-refractivity contribution in [2.24, 2.45) is 0 Å². The lowest BCUT2D eigenvalue weighted by Crippen LogP contribution is -2.51. The first-order valence-corrected chi connectivity index (χ1v) is 17.1. The van der Waals surface area contributed by atoms with Gasteiger partial charge in [-0.3, -0.25) is 4.90 Å². The van der Waals surface area contributed by atoms with E-state index in [4.69, 9.17) is 19.1 Å². The van der Waals surface area contributed by atoms with E-state index in [1.54, 1.807) is 6.26 Å². The van der Waals surface area contributed by atoms with Gasteiger partial charge in [0.2, 0.25) is 0 Å². The molecule has 2 aromatic heterocycles. The molecule has 9 rings (SSSR count). The second kappa shape index (κ2) is 10.6.